The van der Waals surface area contributed by atoms with Gasteiger partial charge in [0.25, 0.3) is 5.91 Å². The number of hydrogen-bond acceptors (Lipinski definition) is 11. The molecule has 0 radical (unpaired) electrons. The lowest BCUT2D eigenvalue weighted by molar-refractivity contribution is -0.191. The molecular weight excluding hydrogens is 470 g/mol. The van der Waals surface area contributed by atoms with Crippen LogP contribution in [-0.4, -0.2) is 48.9 Å². The Kier molecular flexibility index (Phi) is 9.84. The molecule has 3 rings (SSSR count). The van der Waals surface area contributed by atoms with E-state index in [1.54, 1.807) is 49.8 Å². The molecule has 1 amide bonds. The van der Waals surface area contributed by atoms with E-state index in [1.165, 1.54) is 6.20 Å². The fourth-order valence-electron chi connectivity index (χ4n) is 3.27. The summed E-state index contributed by atoms with van der Waals surface area (Å²) in [5.74, 6) is -3.40. The Morgan fingerprint density at radius 2 is 1.47 bits per heavy atom. The number of rotatable bonds is 9. The average Bonchev–Trinajstić information content (AvgIpc) is 2.86. The van der Waals surface area contributed by atoms with E-state index in [-0.39, 0.29) is 48.1 Å². The van der Waals surface area contributed by atoms with Crippen LogP contribution in [0.25, 0.3) is 0 Å². The summed E-state index contributed by atoms with van der Waals surface area (Å²) >= 11 is 0. The van der Waals surface area contributed by atoms with Crippen LogP contribution in [0.2, 0.25) is 0 Å². The average molecular weight is 493 g/mol. The number of carboxylic acid groups (broad SMARTS) is 1. The summed E-state index contributed by atoms with van der Waals surface area (Å²) < 4.78 is 0. The Morgan fingerprint density at radius 1 is 0.944 bits per heavy atom. The molecule has 0 aliphatic heterocycles. The SMILES string of the molecule is CC(NC(=O)c1nc(N)c(C(=O)CC(CC(=O)O)c2cccnc2)nc1N)c1cccnc1.O=C=O. The highest BCUT2D eigenvalue weighted by Crippen LogP contribution is 2.26. The van der Waals surface area contributed by atoms with Gasteiger partial charge in [-0.25, -0.2) is 9.97 Å². The third-order valence-electron chi connectivity index (χ3n) is 4.97. The summed E-state index contributed by atoms with van der Waals surface area (Å²) in [6.45, 7) is 1.76. The van der Waals surface area contributed by atoms with E-state index in [9.17, 15) is 19.5 Å². The van der Waals surface area contributed by atoms with Crippen LogP contribution in [0.4, 0.5) is 11.6 Å². The first-order valence-electron chi connectivity index (χ1n) is 10.5. The van der Waals surface area contributed by atoms with E-state index in [1.807, 2.05) is 0 Å². The maximum absolute atomic E-state index is 12.9. The quantitative estimate of drug-likeness (QED) is 0.308. The van der Waals surface area contributed by atoms with Gasteiger partial charge in [-0.3, -0.25) is 24.4 Å². The van der Waals surface area contributed by atoms with Crippen LogP contribution < -0.4 is 16.8 Å². The van der Waals surface area contributed by atoms with Crippen molar-refractivity contribution in [2.24, 2.45) is 0 Å². The number of amides is 1. The highest BCUT2D eigenvalue weighted by atomic mass is 16.4. The second-order valence-corrected chi connectivity index (χ2v) is 7.46. The number of nitrogens with one attached hydrogen (secondary N) is 1. The molecule has 3 aromatic rings. The first-order valence-corrected chi connectivity index (χ1v) is 10.5. The third-order valence-corrected chi connectivity index (χ3v) is 4.97. The summed E-state index contributed by atoms with van der Waals surface area (Å²) in [7, 11) is 0. The Hall–Kier alpha value is -5.03. The van der Waals surface area contributed by atoms with Crippen molar-refractivity contribution in [1.82, 2.24) is 25.3 Å². The van der Waals surface area contributed by atoms with Crippen LogP contribution in [0.15, 0.2) is 49.1 Å². The smallest absolute Gasteiger partial charge is 0.373 e. The van der Waals surface area contributed by atoms with Crippen molar-refractivity contribution in [2.45, 2.75) is 31.7 Å². The number of carboxylic acids is 1. The number of pyridine rings is 2. The Morgan fingerprint density at radius 3 is 2.00 bits per heavy atom. The lowest BCUT2D eigenvalue weighted by Crippen LogP contribution is -2.29. The van der Waals surface area contributed by atoms with Crippen LogP contribution in [0.5, 0.6) is 0 Å². The van der Waals surface area contributed by atoms with Crippen LogP contribution in [0.1, 0.15) is 63.8 Å². The van der Waals surface area contributed by atoms with Crippen molar-refractivity contribution in [3.8, 4) is 0 Å². The minimum atomic E-state index is -1.06. The van der Waals surface area contributed by atoms with Gasteiger partial charge >= 0.3 is 12.1 Å². The first-order chi connectivity index (χ1) is 17.2. The van der Waals surface area contributed by atoms with Crippen molar-refractivity contribution in [3.05, 3.63) is 71.6 Å². The van der Waals surface area contributed by atoms with E-state index in [2.05, 4.69) is 25.3 Å². The molecule has 3 heterocycles. The number of nitrogens with zero attached hydrogens (tertiary/aromatic N) is 4. The van der Waals surface area contributed by atoms with Gasteiger partial charge in [0.2, 0.25) is 0 Å². The molecule has 0 spiro atoms. The van der Waals surface area contributed by atoms with E-state index >= 15 is 0 Å². The molecule has 3 aromatic heterocycles. The van der Waals surface area contributed by atoms with Gasteiger partial charge in [-0.05, 0) is 30.2 Å². The Balaban J connectivity index is 0.00000145. The van der Waals surface area contributed by atoms with Crippen molar-refractivity contribution in [3.63, 3.8) is 0 Å². The van der Waals surface area contributed by atoms with E-state index < -0.39 is 23.6 Å². The van der Waals surface area contributed by atoms with Gasteiger partial charge in [0.1, 0.15) is 0 Å². The zero-order valence-electron chi connectivity index (χ0n) is 19.1. The number of carbonyl (C=O) groups is 3. The molecule has 0 saturated carbocycles. The molecule has 13 heteroatoms. The number of aromatic nitrogens is 4. The summed E-state index contributed by atoms with van der Waals surface area (Å²) in [6.07, 6.45) is 6.05. The van der Waals surface area contributed by atoms with Gasteiger partial charge in [-0.1, -0.05) is 12.1 Å². The van der Waals surface area contributed by atoms with Gasteiger partial charge in [0, 0.05) is 37.1 Å². The van der Waals surface area contributed by atoms with Crippen LogP contribution in [0, 0.1) is 0 Å². The molecule has 186 valence electrons. The molecule has 2 unspecified atom stereocenters. The second-order valence-electron chi connectivity index (χ2n) is 7.46. The standard InChI is InChI=1S/C22H23N7O4.CO2/c1-12(13-4-2-6-25-10-13)27-22(33)19-21(24)28-18(20(23)29-19)16(30)8-15(9-17(31)32)14-5-3-7-26-11-14;2-1-3/h2-7,10-12,15H,8-9H2,1H3,(H2,23,29)(H2,24,28)(H,27,33)(H,31,32);. The predicted molar refractivity (Wildman–Crippen MR) is 124 cm³/mol. The van der Waals surface area contributed by atoms with Crippen LogP contribution in [0.3, 0.4) is 0 Å². The molecular formula is C23H23N7O6. The van der Waals surface area contributed by atoms with Crippen molar-refractivity contribution in [2.75, 3.05) is 11.5 Å². The molecule has 0 bridgehead atoms. The fourth-order valence-corrected chi connectivity index (χ4v) is 3.27. The zero-order valence-corrected chi connectivity index (χ0v) is 19.1. The fraction of sp³-hybridized carbons (Fsp3) is 0.217. The number of hydrogen-bond donors (Lipinski definition) is 4. The van der Waals surface area contributed by atoms with Crippen molar-refractivity contribution < 1.29 is 29.1 Å². The summed E-state index contributed by atoms with van der Waals surface area (Å²) in [5, 5.41) is 12.0. The van der Waals surface area contributed by atoms with Crippen molar-refractivity contribution >= 4 is 35.4 Å². The number of carbonyl (C=O) groups excluding carboxylic acids is 4. The lowest BCUT2D eigenvalue weighted by Gasteiger charge is -2.16. The number of ketones is 1. The lowest BCUT2D eigenvalue weighted by atomic mass is 9.91. The minimum Gasteiger partial charge on any atom is -0.481 e. The number of Topliss-reactive ketones (excluding diaryl/α,β-unsaturated/α-hetero) is 1. The number of anilines is 2. The topological polar surface area (TPSA) is 221 Å². The molecule has 0 fully saturated rings. The van der Waals surface area contributed by atoms with Gasteiger partial charge in [0.05, 0.1) is 12.5 Å². The Bertz CT molecular complexity index is 1250. The predicted octanol–water partition coefficient (Wildman–Crippen LogP) is 1.17. The minimum absolute atomic E-state index is 0.195. The van der Waals surface area contributed by atoms with Gasteiger partial charge in [-0.15, -0.1) is 0 Å². The third kappa shape index (κ3) is 7.50. The van der Waals surface area contributed by atoms with E-state index in [0.717, 1.165) is 5.56 Å². The molecule has 0 aliphatic carbocycles. The van der Waals surface area contributed by atoms with Crippen LogP contribution in [-0.2, 0) is 14.4 Å². The van der Waals surface area contributed by atoms with Crippen molar-refractivity contribution in [1.29, 1.82) is 0 Å². The first kappa shape index (κ1) is 27.2. The molecule has 0 aliphatic rings. The number of nitrogens with two attached hydrogens (primary N) is 2. The maximum Gasteiger partial charge on any atom is 0.373 e. The van der Waals surface area contributed by atoms with Gasteiger partial charge in [-0.2, -0.15) is 9.59 Å². The second kappa shape index (κ2) is 13.0. The highest BCUT2D eigenvalue weighted by Gasteiger charge is 2.25. The highest BCUT2D eigenvalue weighted by molar-refractivity contribution is 6.02. The Labute approximate surface area is 205 Å². The van der Waals surface area contributed by atoms with Gasteiger partial charge < -0.3 is 21.9 Å². The molecule has 2 atom stereocenters. The number of nitrogen functional groups attached to an aromatic ring is 2. The van der Waals surface area contributed by atoms with Crippen LogP contribution >= 0.6 is 0 Å². The molecule has 6 N–H and O–H groups in total. The summed E-state index contributed by atoms with van der Waals surface area (Å²) in [6, 6.07) is 6.51. The van der Waals surface area contributed by atoms with E-state index in [4.69, 9.17) is 21.1 Å². The number of aliphatic carboxylic acids is 1. The van der Waals surface area contributed by atoms with E-state index in [0.29, 0.717) is 5.56 Å². The van der Waals surface area contributed by atoms with Gasteiger partial charge in [0.15, 0.2) is 28.8 Å². The molecule has 13 nitrogen and oxygen atoms in total. The molecule has 0 aromatic carbocycles. The molecule has 0 saturated heterocycles. The summed E-state index contributed by atoms with van der Waals surface area (Å²) in [4.78, 5) is 69.0. The normalized spacial score (nSPS) is 11.7. The largest absolute Gasteiger partial charge is 0.481 e. The zero-order chi connectivity index (χ0) is 26.7. The molecule has 36 heavy (non-hydrogen) atoms. The summed E-state index contributed by atoms with van der Waals surface area (Å²) in [5.41, 5.74) is 12.8. The monoisotopic (exact) mass is 493 g/mol. The maximum atomic E-state index is 12.9.